The lowest BCUT2D eigenvalue weighted by atomic mass is 9.92. The number of likely N-dealkylation sites (tertiary alicyclic amines) is 1. The smallest absolute Gasteiger partial charge is 0.227 e. The van der Waals surface area contributed by atoms with E-state index in [-0.39, 0.29) is 11.3 Å². The van der Waals surface area contributed by atoms with E-state index < -0.39 is 0 Å². The van der Waals surface area contributed by atoms with Crippen LogP contribution in [0.4, 0.5) is 5.69 Å². The van der Waals surface area contributed by atoms with Crippen LogP contribution in [0.15, 0.2) is 24.3 Å². The van der Waals surface area contributed by atoms with Crippen molar-refractivity contribution in [2.45, 2.75) is 26.7 Å². The Morgan fingerprint density at radius 2 is 2.16 bits per heavy atom. The SMILES string of the molecule is CC1(C)CCN(C(=O)C2CNc3ccccc3C2)C1. The van der Waals surface area contributed by atoms with E-state index in [1.807, 2.05) is 12.1 Å². The summed E-state index contributed by atoms with van der Waals surface area (Å²) in [5, 5.41) is 3.39. The van der Waals surface area contributed by atoms with Crippen LogP contribution in [-0.4, -0.2) is 30.4 Å². The van der Waals surface area contributed by atoms with Crippen molar-refractivity contribution in [2.75, 3.05) is 25.0 Å². The van der Waals surface area contributed by atoms with Crippen LogP contribution in [0.2, 0.25) is 0 Å². The van der Waals surface area contributed by atoms with Crippen LogP contribution >= 0.6 is 0 Å². The number of hydrogen-bond acceptors (Lipinski definition) is 2. The molecule has 0 radical (unpaired) electrons. The van der Waals surface area contributed by atoms with E-state index >= 15 is 0 Å². The maximum atomic E-state index is 12.6. The molecule has 1 aromatic carbocycles. The minimum Gasteiger partial charge on any atom is -0.384 e. The van der Waals surface area contributed by atoms with Crippen LogP contribution < -0.4 is 5.32 Å². The highest BCUT2D eigenvalue weighted by atomic mass is 16.2. The van der Waals surface area contributed by atoms with E-state index in [4.69, 9.17) is 0 Å². The summed E-state index contributed by atoms with van der Waals surface area (Å²) in [6.07, 6.45) is 1.99. The average Bonchev–Trinajstić information content (AvgIpc) is 2.78. The fraction of sp³-hybridized carbons (Fsp3) is 0.562. The molecule has 3 rings (SSSR count). The normalized spacial score (nSPS) is 24.7. The van der Waals surface area contributed by atoms with Gasteiger partial charge in [-0.1, -0.05) is 32.0 Å². The average molecular weight is 258 g/mol. The van der Waals surface area contributed by atoms with Gasteiger partial charge in [-0.25, -0.2) is 0 Å². The van der Waals surface area contributed by atoms with Crippen LogP contribution in [0.5, 0.6) is 0 Å². The molecule has 0 aromatic heterocycles. The molecule has 0 aliphatic carbocycles. The number of para-hydroxylation sites is 1. The number of anilines is 1. The lowest BCUT2D eigenvalue weighted by molar-refractivity contribution is -0.134. The summed E-state index contributed by atoms with van der Waals surface area (Å²) in [6.45, 7) is 7.09. The second-order valence-corrected chi connectivity index (χ2v) is 6.61. The van der Waals surface area contributed by atoms with Crippen LogP contribution in [0.1, 0.15) is 25.8 Å². The van der Waals surface area contributed by atoms with E-state index in [1.165, 1.54) is 11.3 Å². The number of nitrogens with one attached hydrogen (secondary N) is 1. The van der Waals surface area contributed by atoms with Crippen molar-refractivity contribution in [2.24, 2.45) is 11.3 Å². The molecule has 1 atom stereocenters. The molecule has 0 spiro atoms. The van der Waals surface area contributed by atoms with Gasteiger partial charge in [-0.3, -0.25) is 4.79 Å². The zero-order valence-electron chi connectivity index (χ0n) is 11.8. The molecule has 2 aliphatic heterocycles. The Morgan fingerprint density at radius 3 is 2.89 bits per heavy atom. The molecule has 3 nitrogen and oxygen atoms in total. The van der Waals surface area contributed by atoms with Gasteiger partial charge in [0.25, 0.3) is 0 Å². The standard InChI is InChI=1S/C16H22N2O/c1-16(2)7-8-18(11-16)15(19)13-9-12-5-3-4-6-14(12)17-10-13/h3-6,13,17H,7-11H2,1-2H3. The van der Waals surface area contributed by atoms with Crippen molar-refractivity contribution in [3.8, 4) is 0 Å². The van der Waals surface area contributed by atoms with Gasteiger partial charge in [-0.15, -0.1) is 0 Å². The molecular formula is C16H22N2O. The summed E-state index contributed by atoms with van der Waals surface area (Å²) in [4.78, 5) is 14.6. The highest BCUT2D eigenvalue weighted by molar-refractivity contribution is 5.81. The second-order valence-electron chi connectivity index (χ2n) is 6.61. The molecule has 1 fully saturated rings. The Kier molecular flexibility index (Phi) is 3.00. The van der Waals surface area contributed by atoms with Crippen molar-refractivity contribution in [3.05, 3.63) is 29.8 Å². The Morgan fingerprint density at radius 1 is 1.37 bits per heavy atom. The highest BCUT2D eigenvalue weighted by Gasteiger charge is 2.35. The van der Waals surface area contributed by atoms with Gasteiger partial charge in [0, 0.05) is 25.3 Å². The molecule has 1 saturated heterocycles. The van der Waals surface area contributed by atoms with Gasteiger partial charge in [0.1, 0.15) is 0 Å². The molecule has 19 heavy (non-hydrogen) atoms. The first-order chi connectivity index (χ1) is 9.05. The number of carbonyl (C=O) groups is 1. The fourth-order valence-corrected chi connectivity index (χ4v) is 3.17. The fourth-order valence-electron chi connectivity index (χ4n) is 3.17. The maximum Gasteiger partial charge on any atom is 0.227 e. The first kappa shape index (κ1) is 12.5. The van der Waals surface area contributed by atoms with Crippen LogP contribution in [0, 0.1) is 11.3 Å². The van der Waals surface area contributed by atoms with Crippen LogP contribution in [0.25, 0.3) is 0 Å². The topological polar surface area (TPSA) is 32.3 Å². The van der Waals surface area contributed by atoms with Crippen molar-refractivity contribution in [1.29, 1.82) is 0 Å². The maximum absolute atomic E-state index is 12.6. The number of hydrogen-bond donors (Lipinski definition) is 1. The number of fused-ring (bicyclic) bond motifs is 1. The zero-order chi connectivity index (χ0) is 13.5. The minimum absolute atomic E-state index is 0.101. The Hall–Kier alpha value is -1.51. The van der Waals surface area contributed by atoms with Gasteiger partial charge in [-0.2, -0.15) is 0 Å². The quantitative estimate of drug-likeness (QED) is 0.839. The molecule has 0 saturated carbocycles. The van der Waals surface area contributed by atoms with Gasteiger partial charge >= 0.3 is 0 Å². The monoisotopic (exact) mass is 258 g/mol. The largest absolute Gasteiger partial charge is 0.384 e. The second kappa shape index (κ2) is 4.55. The third-order valence-electron chi connectivity index (χ3n) is 4.36. The van der Waals surface area contributed by atoms with Gasteiger partial charge < -0.3 is 10.2 Å². The van der Waals surface area contributed by atoms with Gasteiger partial charge in [-0.05, 0) is 29.9 Å². The summed E-state index contributed by atoms with van der Waals surface area (Å²) in [5.74, 6) is 0.427. The van der Waals surface area contributed by atoms with Crippen molar-refractivity contribution >= 4 is 11.6 Å². The van der Waals surface area contributed by atoms with Crippen LogP contribution in [-0.2, 0) is 11.2 Å². The van der Waals surface area contributed by atoms with Crippen molar-refractivity contribution in [3.63, 3.8) is 0 Å². The molecule has 3 heteroatoms. The predicted molar refractivity (Wildman–Crippen MR) is 77.1 cm³/mol. The first-order valence-corrected chi connectivity index (χ1v) is 7.16. The summed E-state index contributed by atoms with van der Waals surface area (Å²) in [7, 11) is 0. The lowest BCUT2D eigenvalue weighted by Gasteiger charge is -2.29. The number of nitrogens with zero attached hydrogens (tertiary/aromatic N) is 1. The highest BCUT2D eigenvalue weighted by Crippen LogP contribution is 2.31. The van der Waals surface area contributed by atoms with Gasteiger partial charge in [0.15, 0.2) is 0 Å². The molecule has 2 heterocycles. The number of amides is 1. The Bertz CT molecular complexity index is 495. The number of carbonyl (C=O) groups excluding carboxylic acids is 1. The Balaban J connectivity index is 1.70. The third kappa shape index (κ3) is 2.46. The zero-order valence-corrected chi connectivity index (χ0v) is 11.8. The minimum atomic E-state index is 0.101. The molecule has 0 bridgehead atoms. The van der Waals surface area contributed by atoms with E-state index in [0.717, 1.165) is 32.5 Å². The number of benzene rings is 1. The van der Waals surface area contributed by atoms with E-state index in [1.54, 1.807) is 0 Å². The first-order valence-electron chi connectivity index (χ1n) is 7.16. The van der Waals surface area contributed by atoms with E-state index in [0.29, 0.717) is 5.91 Å². The van der Waals surface area contributed by atoms with Gasteiger partial charge in [0.2, 0.25) is 5.91 Å². The predicted octanol–water partition coefficient (Wildman–Crippen LogP) is 2.53. The molecule has 1 aromatic rings. The molecule has 102 valence electrons. The van der Waals surface area contributed by atoms with Crippen molar-refractivity contribution < 1.29 is 4.79 Å². The molecule has 1 N–H and O–H groups in total. The summed E-state index contributed by atoms with van der Waals surface area (Å²) < 4.78 is 0. The molecular weight excluding hydrogens is 236 g/mol. The molecule has 1 unspecified atom stereocenters. The van der Waals surface area contributed by atoms with E-state index in [2.05, 4.69) is 36.2 Å². The summed E-state index contributed by atoms with van der Waals surface area (Å²) in [5.41, 5.74) is 2.74. The van der Waals surface area contributed by atoms with Gasteiger partial charge in [0.05, 0.1) is 5.92 Å². The molecule has 1 amide bonds. The Labute approximate surface area is 115 Å². The molecule has 2 aliphatic rings. The lowest BCUT2D eigenvalue weighted by Crippen LogP contribution is -2.40. The summed E-state index contributed by atoms with van der Waals surface area (Å²) >= 11 is 0. The third-order valence-corrected chi connectivity index (χ3v) is 4.36. The van der Waals surface area contributed by atoms with Crippen molar-refractivity contribution in [1.82, 2.24) is 4.90 Å². The van der Waals surface area contributed by atoms with Crippen LogP contribution in [0.3, 0.4) is 0 Å². The summed E-state index contributed by atoms with van der Waals surface area (Å²) in [6, 6.07) is 8.30. The number of rotatable bonds is 1. The van der Waals surface area contributed by atoms with E-state index in [9.17, 15) is 4.79 Å².